The van der Waals surface area contributed by atoms with Gasteiger partial charge in [-0.25, -0.2) is 0 Å². The Hall–Kier alpha value is -0.860. The zero-order valence-corrected chi connectivity index (χ0v) is 13.1. The lowest BCUT2D eigenvalue weighted by Crippen LogP contribution is -2.38. The maximum absolute atomic E-state index is 5.65. The highest BCUT2D eigenvalue weighted by Crippen LogP contribution is 2.14. The molecule has 0 radical (unpaired) electrons. The average Bonchev–Trinajstić information content (AvgIpc) is 2.33. The summed E-state index contributed by atoms with van der Waals surface area (Å²) in [6.07, 6.45) is 0.994. The Labute approximate surface area is 118 Å². The lowest BCUT2D eigenvalue weighted by Gasteiger charge is -2.20. The highest BCUT2D eigenvalue weighted by molar-refractivity contribution is 5.24. The molecule has 0 aliphatic rings. The van der Waals surface area contributed by atoms with Crippen molar-refractivity contribution in [3.8, 4) is 0 Å². The van der Waals surface area contributed by atoms with Crippen LogP contribution in [0.25, 0.3) is 0 Å². The van der Waals surface area contributed by atoms with Crippen molar-refractivity contribution in [2.45, 2.75) is 52.5 Å². The van der Waals surface area contributed by atoms with Gasteiger partial charge in [-0.15, -0.1) is 0 Å². The Morgan fingerprint density at radius 1 is 1.05 bits per heavy atom. The van der Waals surface area contributed by atoms with Crippen LogP contribution in [0.1, 0.15) is 51.7 Å². The Balaban J connectivity index is 2.16. The van der Waals surface area contributed by atoms with Gasteiger partial charge in [-0.1, -0.05) is 38.1 Å². The Morgan fingerprint density at radius 2 is 1.68 bits per heavy atom. The van der Waals surface area contributed by atoms with Crippen molar-refractivity contribution in [2.75, 3.05) is 19.8 Å². The monoisotopic (exact) mass is 263 g/mol. The molecule has 1 aromatic carbocycles. The second-order valence-corrected chi connectivity index (χ2v) is 6.44. The summed E-state index contributed by atoms with van der Waals surface area (Å²) in [5.74, 6) is 0.605. The SMILES string of the molecule is CC(C)c1ccc(CCOCCNC(C)(C)C)cc1. The molecule has 0 saturated carbocycles. The predicted octanol–water partition coefficient (Wildman–Crippen LogP) is 3.76. The van der Waals surface area contributed by atoms with Crippen molar-refractivity contribution >= 4 is 0 Å². The molecule has 0 amide bonds. The molecule has 1 rings (SSSR count). The zero-order valence-electron chi connectivity index (χ0n) is 13.1. The van der Waals surface area contributed by atoms with E-state index in [1.807, 2.05) is 0 Å². The topological polar surface area (TPSA) is 21.3 Å². The van der Waals surface area contributed by atoms with Crippen LogP contribution in [0.5, 0.6) is 0 Å². The minimum Gasteiger partial charge on any atom is -0.380 e. The van der Waals surface area contributed by atoms with Crippen molar-refractivity contribution in [1.29, 1.82) is 0 Å². The molecular weight excluding hydrogens is 234 g/mol. The van der Waals surface area contributed by atoms with E-state index in [9.17, 15) is 0 Å². The van der Waals surface area contributed by atoms with Crippen LogP contribution in [0.15, 0.2) is 24.3 Å². The van der Waals surface area contributed by atoms with Gasteiger partial charge in [-0.05, 0) is 44.2 Å². The normalized spacial score (nSPS) is 12.1. The summed E-state index contributed by atoms with van der Waals surface area (Å²) in [5, 5.41) is 3.42. The Morgan fingerprint density at radius 3 is 2.21 bits per heavy atom. The number of hydrogen-bond acceptors (Lipinski definition) is 2. The number of ether oxygens (including phenoxy) is 1. The fraction of sp³-hybridized carbons (Fsp3) is 0.647. The average molecular weight is 263 g/mol. The number of benzene rings is 1. The molecule has 0 saturated heterocycles. The first-order valence-corrected chi connectivity index (χ1v) is 7.30. The van der Waals surface area contributed by atoms with E-state index in [0.29, 0.717) is 5.92 Å². The van der Waals surface area contributed by atoms with Crippen LogP contribution >= 0.6 is 0 Å². The summed E-state index contributed by atoms with van der Waals surface area (Å²) in [6, 6.07) is 8.88. The fourth-order valence-corrected chi connectivity index (χ4v) is 1.86. The molecule has 2 nitrogen and oxygen atoms in total. The first-order valence-electron chi connectivity index (χ1n) is 7.30. The first kappa shape index (κ1) is 16.2. The number of hydrogen-bond donors (Lipinski definition) is 1. The highest BCUT2D eigenvalue weighted by atomic mass is 16.5. The van der Waals surface area contributed by atoms with Gasteiger partial charge in [0.2, 0.25) is 0 Å². The molecule has 1 N–H and O–H groups in total. The summed E-state index contributed by atoms with van der Waals surface area (Å²) in [5.41, 5.74) is 2.93. The third kappa shape index (κ3) is 7.34. The van der Waals surface area contributed by atoms with Crippen LogP contribution in [0.3, 0.4) is 0 Å². The van der Waals surface area contributed by atoms with E-state index in [1.165, 1.54) is 11.1 Å². The minimum absolute atomic E-state index is 0.177. The predicted molar refractivity (Wildman–Crippen MR) is 82.8 cm³/mol. The second kappa shape index (κ2) is 7.66. The van der Waals surface area contributed by atoms with Crippen LogP contribution in [0.2, 0.25) is 0 Å². The Bertz CT molecular complexity index is 349. The molecular formula is C17H29NO. The molecule has 0 fully saturated rings. The zero-order chi connectivity index (χ0) is 14.3. The molecule has 0 bridgehead atoms. The standard InChI is InChI=1S/C17H29NO/c1-14(2)16-8-6-15(7-9-16)10-12-19-13-11-18-17(3,4)5/h6-9,14,18H,10-13H2,1-5H3. The smallest absolute Gasteiger partial charge is 0.0591 e. The summed E-state index contributed by atoms with van der Waals surface area (Å²) >= 11 is 0. The maximum Gasteiger partial charge on any atom is 0.0591 e. The van der Waals surface area contributed by atoms with Gasteiger partial charge in [0.1, 0.15) is 0 Å². The number of rotatable bonds is 7. The van der Waals surface area contributed by atoms with Crippen molar-refractivity contribution in [2.24, 2.45) is 0 Å². The van der Waals surface area contributed by atoms with Crippen molar-refractivity contribution in [3.05, 3.63) is 35.4 Å². The molecule has 0 aromatic heterocycles. The lowest BCUT2D eigenvalue weighted by atomic mass is 10.0. The van der Waals surface area contributed by atoms with Gasteiger partial charge in [0.25, 0.3) is 0 Å². The van der Waals surface area contributed by atoms with Gasteiger partial charge < -0.3 is 10.1 Å². The largest absolute Gasteiger partial charge is 0.380 e. The van der Waals surface area contributed by atoms with Crippen LogP contribution in [0, 0.1) is 0 Å². The molecule has 108 valence electrons. The summed E-state index contributed by atoms with van der Waals surface area (Å²) in [4.78, 5) is 0. The van der Waals surface area contributed by atoms with Crippen molar-refractivity contribution in [1.82, 2.24) is 5.32 Å². The van der Waals surface area contributed by atoms with E-state index in [1.54, 1.807) is 0 Å². The molecule has 19 heavy (non-hydrogen) atoms. The molecule has 1 aromatic rings. The number of nitrogens with one attached hydrogen (secondary N) is 1. The van der Waals surface area contributed by atoms with Crippen LogP contribution < -0.4 is 5.32 Å². The van der Waals surface area contributed by atoms with E-state index < -0.39 is 0 Å². The highest BCUT2D eigenvalue weighted by Gasteiger charge is 2.07. The molecule has 0 aliphatic carbocycles. The lowest BCUT2D eigenvalue weighted by molar-refractivity contribution is 0.133. The van der Waals surface area contributed by atoms with Crippen LogP contribution in [0.4, 0.5) is 0 Å². The van der Waals surface area contributed by atoms with E-state index in [2.05, 4.69) is 64.2 Å². The van der Waals surface area contributed by atoms with E-state index >= 15 is 0 Å². The van der Waals surface area contributed by atoms with E-state index in [4.69, 9.17) is 4.74 Å². The van der Waals surface area contributed by atoms with E-state index in [-0.39, 0.29) is 5.54 Å². The van der Waals surface area contributed by atoms with E-state index in [0.717, 1.165) is 26.2 Å². The van der Waals surface area contributed by atoms with Gasteiger partial charge in [0.05, 0.1) is 13.2 Å². The second-order valence-electron chi connectivity index (χ2n) is 6.44. The molecule has 0 spiro atoms. The van der Waals surface area contributed by atoms with Gasteiger partial charge in [0, 0.05) is 12.1 Å². The summed E-state index contributed by atoms with van der Waals surface area (Å²) < 4.78 is 5.65. The third-order valence-electron chi connectivity index (χ3n) is 3.08. The Kier molecular flexibility index (Phi) is 6.53. The quantitative estimate of drug-likeness (QED) is 0.756. The van der Waals surface area contributed by atoms with Crippen LogP contribution in [-0.4, -0.2) is 25.3 Å². The molecule has 0 atom stereocenters. The van der Waals surface area contributed by atoms with Gasteiger partial charge >= 0.3 is 0 Å². The first-order chi connectivity index (χ1) is 8.88. The van der Waals surface area contributed by atoms with Crippen molar-refractivity contribution in [3.63, 3.8) is 0 Å². The summed E-state index contributed by atoms with van der Waals surface area (Å²) in [6.45, 7) is 13.4. The molecule has 2 heteroatoms. The van der Waals surface area contributed by atoms with Gasteiger partial charge in [0.15, 0.2) is 0 Å². The molecule has 0 aliphatic heterocycles. The van der Waals surface area contributed by atoms with Gasteiger partial charge in [-0.2, -0.15) is 0 Å². The van der Waals surface area contributed by atoms with Crippen LogP contribution in [-0.2, 0) is 11.2 Å². The summed E-state index contributed by atoms with van der Waals surface area (Å²) in [7, 11) is 0. The molecule has 0 heterocycles. The maximum atomic E-state index is 5.65. The minimum atomic E-state index is 0.177. The third-order valence-corrected chi connectivity index (χ3v) is 3.08. The molecule has 0 unspecified atom stereocenters. The fourth-order valence-electron chi connectivity index (χ4n) is 1.86. The van der Waals surface area contributed by atoms with Gasteiger partial charge in [-0.3, -0.25) is 0 Å². The van der Waals surface area contributed by atoms with Crippen molar-refractivity contribution < 1.29 is 4.74 Å².